The summed E-state index contributed by atoms with van der Waals surface area (Å²) in [5.41, 5.74) is 0.458. The molecule has 0 saturated carbocycles. The fourth-order valence-corrected chi connectivity index (χ4v) is 3.46. The molecular formula is C11H14BrFO2S. The van der Waals surface area contributed by atoms with Gasteiger partial charge in [0, 0.05) is 4.47 Å². The molecule has 0 aromatic heterocycles. The van der Waals surface area contributed by atoms with Crippen molar-refractivity contribution in [3.63, 3.8) is 0 Å². The highest BCUT2D eigenvalue weighted by molar-refractivity contribution is 9.10. The summed E-state index contributed by atoms with van der Waals surface area (Å²) in [4.78, 5) is 0.206. The maximum absolute atomic E-state index is 12.4. The van der Waals surface area contributed by atoms with Crippen molar-refractivity contribution >= 4 is 25.8 Å². The second-order valence-electron chi connectivity index (χ2n) is 4.51. The van der Waals surface area contributed by atoms with Gasteiger partial charge >= 0.3 is 0 Å². The van der Waals surface area contributed by atoms with Crippen molar-refractivity contribution in [2.45, 2.75) is 37.1 Å². The van der Waals surface area contributed by atoms with E-state index in [9.17, 15) is 12.8 Å². The summed E-state index contributed by atoms with van der Waals surface area (Å²) in [6, 6.07) is 4.43. The molecule has 0 fully saturated rings. The molecule has 0 bridgehead atoms. The van der Waals surface area contributed by atoms with E-state index in [4.69, 9.17) is 0 Å². The van der Waals surface area contributed by atoms with Gasteiger partial charge in [-0.1, -0.05) is 6.07 Å². The molecule has 90 valence electrons. The largest absolute Gasteiger partial charge is 0.246 e. The first-order valence-electron chi connectivity index (χ1n) is 4.79. The van der Waals surface area contributed by atoms with Gasteiger partial charge in [-0.25, -0.2) is 12.8 Å². The van der Waals surface area contributed by atoms with Gasteiger partial charge < -0.3 is 0 Å². The van der Waals surface area contributed by atoms with Crippen LogP contribution in [0, 0.1) is 0 Å². The van der Waals surface area contributed by atoms with E-state index >= 15 is 0 Å². The molecule has 1 aromatic carbocycles. The lowest BCUT2D eigenvalue weighted by Gasteiger charge is -2.20. The van der Waals surface area contributed by atoms with Crippen LogP contribution < -0.4 is 0 Å². The number of alkyl halides is 1. The van der Waals surface area contributed by atoms with Crippen LogP contribution >= 0.6 is 15.9 Å². The van der Waals surface area contributed by atoms with E-state index in [0.717, 1.165) is 0 Å². The van der Waals surface area contributed by atoms with Crippen LogP contribution in [0.3, 0.4) is 0 Å². The maximum Gasteiger partial charge on any atom is 0.184 e. The second-order valence-corrected chi connectivity index (χ2v) is 8.04. The Morgan fingerprint density at radius 3 is 2.25 bits per heavy atom. The topological polar surface area (TPSA) is 34.1 Å². The molecule has 0 unspecified atom stereocenters. The molecule has 0 aliphatic carbocycles. The zero-order chi connectivity index (χ0) is 12.6. The summed E-state index contributed by atoms with van der Waals surface area (Å²) in [5, 5.41) is 0. The quantitative estimate of drug-likeness (QED) is 0.838. The number of hydrogen-bond acceptors (Lipinski definition) is 2. The van der Waals surface area contributed by atoms with Crippen molar-refractivity contribution < 1.29 is 12.8 Å². The zero-order valence-corrected chi connectivity index (χ0v) is 11.8. The molecule has 2 nitrogen and oxygen atoms in total. The smallest absolute Gasteiger partial charge is 0.184 e. The molecule has 0 heterocycles. The average Bonchev–Trinajstić information content (AvgIpc) is 2.15. The van der Waals surface area contributed by atoms with E-state index in [1.165, 1.54) is 18.2 Å². The lowest BCUT2D eigenvalue weighted by molar-refractivity contribution is 0.484. The minimum absolute atomic E-state index is 0.206. The van der Waals surface area contributed by atoms with Gasteiger partial charge in [0.2, 0.25) is 0 Å². The summed E-state index contributed by atoms with van der Waals surface area (Å²) in [6.07, 6.45) is 0. The van der Waals surface area contributed by atoms with Crippen molar-refractivity contribution in [1.82, 2.24) is 0 Å². The third-order valence-corrected chi connectivity index (χ3v) is 5.71. The van der Waals surface area contributed by atoms with Crippen LogP contribution in [0.2, 0.25) is 0 Å². The van der Waals surface area contributed by atoms with Crippen molar-refractivity contribution in [2.75, 3.05) is 0 Å². The highest BCUT2D eigenvalue weighted by Crippen LogP contribution is 2.31. The van der Waals surface area contributed by atoms with Gasteiger partial charge in [-0.05, 0) is 54.4 Å². The molecule has 1 aromatic rings. The minimum Gasteiger partial charge on any atom is -0.246 e. The average molecular weight is 309 g/mol. The van der Waals surface area contributed by atoms with Gasteiger partial charge in [-0.15, -0.1) is 0 Å². The summed E-state index contributed by atoms with van der Waals surface area (Å²) in [7, 11) is -3.40. The van der Waals surface area contributed by atoms with Gasteiger partial charge in [0.05, 0.1) is 9.64 Å². The normalized spacial score (nSPS) is 12.8. The van der Waals surface area contributed by atoms with Gasteiger partial charge in [0.1, 0.15) is 6.67 Å². The molecule has 0 N–H and O–H groups in total. The Labute approximate surface area is 104 Å². The SMILES string of the molecule is CC(C)(C)S(=O)(=O)c1ccc(CF)cc1Br. The van der Waals surface area contributed by atoms with Gasteiger partial charge in [-0.2, -0.15) is 0 Å². The molecule has 0 saturated heterocycles. The van der Waals surface area contributed by atoms with Crippen LogP contribution in [0.25, 0.3) is 0 Å². The van der Waals surface area contributed by atoms with Crippen LogP contribution in [0.4, 0.5) is 4.39 Å². The molecule has 0 amide bonds. The Kier molecular flexibility index (Phi) is 3.80. The summed E-state index contributed by atoms with van der Waals surface area (Å²) in [6.45, 7) is 4.31. The van der Waals surface area contributed by atoms with Crippen molar-refractivity contribution in [3.05, 3.63) is 28.2 Å². The summed E-state index contributed by atoms with van der Waals surface area (Å²) < 4.78 is 36.2. The molecule has 0 aliphatic heterocycles. The summed E-state index contributed by atoms with van der Waals surface area (Å²) >= 11 is 3.17. The highest BCUT2D eigenvalue weighted by atomic mass is 79.9. The lowest BCUT2D eigenvalue weighted by atomic mass is 10.2. The van der Waals surface area contributed by atoms with Crippen LogP contribution in [0.5, 0.6) is 0 Å². The monoisotopic (exact) mass is 308 g/mol. The lowest BCUT2D eigenvalue weighted by Crippen LogP contribution is -2.28. The van der Waals surface area contributed by atoms with E-state index in [-0.39, 0.29) is 4.90 Å². The Morgan fingerprint density at radius 1 is 1.31 bits per heavy atom. The van der Waals surface area contributed by atoms with E-state index in [2.05, 4.69) is 15.9 Å². The van der Waals surface area contributed by atoms with Crippen LogP contribution in [0.15, 0.2) is 27.6 Å². The first kappa shape index (κ1) is 13.6. The molecule has 0 atom stereocenters. The van der Waals surface area contributed by atoms with Crippen molar-refractivity contribution in [3.8, 4) is 0 Å². The minimum atomic E-state index is -3.40. The molecule has 0 aliphatic rings. The number of halogens is 2. The maximum atomic E-state index is 12.4. The first-order chi connectivity index (χ1) is 7.20. The Bertz CT molecular complexity index is 489. The van der Waals surface area contributed by atoms with Gasteiger partial charge in [0.15, 0.2) is 9.84 Å². The van der Waals surface area contributed by atoms with E-state index < -0.39 is 21.3 Å². The highest BCUT2D eigenvalue weighted by Gasteiger charge is 2.32. The van der Waals surface area contributed by atoms with Crippen LogP contribution in [0.1, 0.15) is 26.3 Å². The number of rotatable bonds is 2. The third kappa shape index (κ3) is 2.46. The van der Waals surface area contributed by atoms with Crippen LogP contribution in [-0.2, 0) is 16.5 Å². The Hall–Kier alpha value is -0.420. The Balaban J connectivity index is 3.36. The number of sulfone groups is 1. The molecule has 5 heteroatoms. The zero-order valence-electron chi connectivity index (χ0n) is 9.42. The fraction of sp³-hybridized carbons (Fsp3) is 0.455. The van der Waals surface area contributed by atoms with Crippen molar-refractivity contribution in [1.29, 1.82) is 0 Å². The van der Waals surface area contributed by atoms with E-state index in [1.807, 2.05) is 0 Å². The molecule has 0 radical (unpaired) electrons. The fourth-order valence-electron chi connectivity index (χ4n) is 1.18. The van der Waals surface area contributed by atoms with E-state index in [0.29, 0.717) is 10.0 Å². The van der Waals surface area contributed by atoms with Crippen molar-refractivity contribution in [2.24, 2.45) is 0 Å². The number of hydrogen-bond donors (Lipinski definition) is 0. The Morgan fingerprint density at radius 2 is 1.88 bits per heavy atom. The van der Waals surface area contributed by atoms with Gasteiger partial charge in [-0.3, -0.25) is 0 Å². The summed E-state index contributed by atoms with van der Waals surface area (Å²) in [5.74, 6) is 0. The predicted molar refractivity (Wildman–Crippen MR) is 65.9 cm³/mol. The second kappa shape index (κ2) is 4.45. The number of benzene rings is 1. The van der Waals surface area contributed by atoms with Gasteiger partial charge in [0.25, 0.3) is 0 Å². The third-order valence-electron chi connectivity index (χ3n) is 2.25. The predicted octanol–water partition coefficient (Wildman–Crippen LogP) is 3.49. The molecule has 16 heavy (non-hydrogen) atoms. The molecule has 0 spiro atoms. The van der Waals surface area contributed by atoms with Crippen LogP contribution in [-0.4, -0.2) is 13.2 Å². The molecular weight excluding hydrogens is 295 g/mol. The molecule has 1 rings (SSSR count). The van der Waals surface area contributed by atoms with E-state index in [1.54, 1.807) is 20.8 Å². The standard InChI is InChI=1S/C11H14BrFO2S/c1-11(2,3)16(14,15)10-5-4-8(7-13)6-9(10)12/h4-6H,7H2,1-3H3. The first-order valence-corrected chi connectivity index (χ1v) is 7.07.